The van der Waals surface area contributed by atoms with Crippen LogP contribution < -0.4 is 0 Å². The molecule has 0 spiro atoms. The summed E-state index contributed by atoms with van der Waals surface area (Å²) in [5, 5.41) is 0. The van der Waals surface area contributed by atoms with Crippen molar-refractivity contribution in [1.29, 1.82) is 0 Å². The van der Waals surface area contributed by atoms with Crippen molar-refractivity contribution in [1.82, 2.24) is 4.90 Å². The van der Waals surface area contributed by atoms with E-state index in [-0.39, 0.29) is 0 Å². The Morgan fingerprint density at radius 3 is 2.38 bits per heavy atom. The Balaban J connectivity index is 2.53. The fourth-order valence-electron chi connectivity index (χ4n) is 1.40. The largest absolute Gasteiger partial charge is 0.444 e. The van der Waals surface area contributed by atoms with Crippen LogP contribution in [-0.4, -0.2) is 43.4 Å². The van der Waals surface area contributed by atoms with Crippen molar-refractivity contribution in [2.24, 2.45) is 0 Å². The monoisotopic (exact) mass is 253 g/mol. The Morgan fingerprint density at radius 2 is 2.06 bits per heavy atom. The highest BCUT2D eigenvalue weighted by Gasteiger charge is 2.37. The van der Waals surface area contributed by atoms with E-state index in [0.29, 0.717) is 13.0 Å². The van der Waals surface area contributed by atoms with Crippen LogP contribution in [0.2, 0.25) is 0 Å². The van der Waals surface area contributed by atoms with Crippen molar-refractivity contribution >= 4 is 16.3 Å². The van der Waals surface area contributed by atoms with E-state index in [1.165, 1.54) is 4.90 Å². The number of ether oxygens (including phenoxy) is 1. The summed E-state index contributed by atoms with van der Waals surface area (Å²) in [6.07, 6.45) is -0.102. The quantitative estimate of drug-likeness (QED) is 0.696. The van der Waals surface area contributed by atoms with Gasteiger partial charge in [0.2, 0.25) is 0 Å². The molecule has 1 heterocycles. The molecule has 0 bridgehead atoms. The maximum Gasteiger partial charge on any atom is 0.410 e. The Hall–Kier alpha value is -0.850. The van der Waals surface area contributed by atoms with Crippen molar-refractivity contribution in [2.45, 2.75) is 38.8 Å². The van der Waals surface area contributed by atoms with Crippen LogP contribution in [-0.2, 0) is 15.0 Å². The smallest absolute Gasteiger partial charge is 0.410 e. The van der Waals surface area contributed by atoms with E-state index in [9.17, 15) is 17.1 Å². The van der Waals surface area contributed by atoms with Gasteiger partial charge in [0, 0.05) is 6.54 Å². The molecule has 0 saturated carbocycles. The molecule has 0 radical (unpaired) electrons. The lowest BCUT2D eigenvalue weighted by Gasteiger charge is -2.40. The van der Waals surface area contributed by atoms with E-state index < -0.39 is 33.7 Å². The summed E-state index contributed by atoms with van der Waals surface area (Å²) in [6, 6.07) is -0.593. The molecule has 1 rings (SSSR count). The summed E-state index contributed by atoms with van der Waals surface area (Å²) in [5.41, 5.74) is -0.633. The van der Waals surface area contributed by atoms with Gasteiger partial charge >= 0.3 is 16.3 Å². The number of carbonyl (C=O) groups excluding carboxylic acids is 1. The zero-order valence-corrected chi connectivity index (χ0v) is 10.4. The third kappa shape index (κ3) is 3.96. The average molecular weight is 253 g/mol. The number of hydrogen-bond donors (Lipinski definition) is 0. The summed E-state index contributed by atoms with van der Waals surface area (Å²) in [4.78, 5) is 12.8. The number of hydrogen-bond acceptors (Lipinski definition) is 4. The van der Waals surface area contributed by atoms with Crippen LogP contribution in [0.5, 0.6) is 0 Å². The van der Waals surface area contributed by atoms with Crippen molar-refractivity contribution in [3.05, 3.63) is 0 Å². The minimum atomic E-state index is -4.54. The van der Waals surface area contributed by atoms with Gasteiger partial charge in [-0.05, 0) is 27.2 Å². The highest BCUT2D eigenvalue weighted by atomic mass is 32.3. The first-order valence-corrected chi connectivity index (χ1v) is 6.56. The molecule has 1 atom stereocenters. The van der Waals surface area contributed by atoms with Crippen LogP contribution in [0.4, 0.5) is 8.68 Å². The lowest BCUT2D eigenvalue weighted by atomic mass is 10.1. The maximum absolute atomic E-state index is 12.4. The van der Waals surface area contributed by atoms with Crippen molar-refractivity contribution in [3.8, 4) is 0 Å². The predicted octanol–water partition coefficient (Wildman–Crippen LogP) is 1.30. The van der Waals surface area contributed by atoms with Crippen molar-refractivity contribution < 1.29 is 21.8 Å². The topological polar surface area (TPSA) is 63.7 Å². The molecule has 1 unspecified atom stereocenters. The van der Waals surface area contributed by atoms with Gasteiger partial charge in [-0.25, -0.2) is 4.79 Å². The Kier molecular flexibility index (Phi) is 3.47. The molecule has 5 nitrogen and oxygen atoms in total. The summed E-state index contributed by atoms with van der Waals surface area (Å²) in [5.74, 6) is -0.647. The molecule has 0 aliphatic carbocycles. The van der Waals surface area contributed by atoms with Gasteiger partial charge in [-0.15, -0.1) is 3.89 Å². The van der Waals surface area contributed by atoms with Crippen LogP contribution in [0.25, 0.3) is 0 Å². The molecule has 0 aromatic rings. The third-order valence-corrected chi connectivity index (χ3v) is 2.95. The molecule has 94 valence electrons. The minimum Gasteiger partial charge on any atom is -0.444 e. The van der Waals surface area contributed by atoms with E-state index in [4.69, 9.17) is 4.74 Å². The Bertz CT molecular complexity index is 373. The SMILES string of the molecule is CC(C)(C)OC(=O)N1CCC1CS(=O)(=O)F. The molecule has 1 aliphatic heterocycles. The van der Waals surface area contributed by atoms with Crippen LogP contribution in [0.15, 0.2) is 0 Å². The maximum atomic E-state index is 12.4. The second kappa shape index (κ2) is 4.20. The number of amides is 1. The molecule has 1 aliphatic rings. The third-order valence-electron chi connectivity index (χ3n) is 2.16. The van der Waals surface area contributed by atoms with Crippen molar-refractivity contribution in [2.75, 3.05) is 12.3 Å². The lowest BCUT2D eigenvalue weighted by Crippen LogP contribution is -2.55. The first kappa shape index (κ1) is 13.2. The second-order valence-electron chi connectivity index (χ2n) is 4.82. The molecule has 16 heavy (non-hydrogen) atoms. The van der Waals surface area contributed by atoms with Crippen molar-refractivity contribution in [3.63, 3.8) is 0 Å². The van der Waals surface area contributed by atoms with Crippen LogP contribution in [0.3, 0.4) is 0 Å². The first-order chi connectivity index (χ1) is 7.08. The molecule has 0 N–H and O–H groups in total. The van der Waals surface area contributed by atoms with Gasteiger partial charge in [0.15, 0.2) is 0 Å². The highest BCUT2D eigenvalue weighted by molar-refractivity contribution is 7.86. The first-order valence-electron chi connectivity index (χ1n) is 5.00. The van der Waals surface area contributed by atoms with E-state index in [1.54, 1.807) is 20.8 Å². The number of halogens is 1. The molecule has 1 saturated heterocycles. The average Bonchev–Trinajstić information content (AvgIpc) is 1.92. The molecular formula is C9H16FNO4S. The molecule has 0 aromatic carbocycles. The van der Waals surface area contributed by atoms with Gasteiger partial charge in [0.05, 0.1) is 6.04 Å². The minimum absolute atomic E-state index is 0.412. The van der Waals surface area contributed by atoms with Gasteiger partial charge in [-0.2, -0.15) is 8.42 Å². The lowest BCUT2D eigenvalue weighted by molar-refractivity contribution is -0.00123. The Morgan fingerprint density at radius 1 is 1.50 bits per heavy atom. The number of carbonyl (C=O) groups is 1. The van der Waals surface area contributed by atoms with Gasteiger partial charge in [0.25, 0.3) is 0 Å². The normalized spacial score (nSPS) is 21.5. The Labute approximate surface area is 94.8 Å². The summed E-state index contributed by atoms with van der Waals surface area (Å²) >= 11 is 0. The standard InChI is InChI=1S/C9H16FNO4S/c1-9(2,3)15-8(12)11-5-4-7(11)6-16(10,13)14/h7H,4-6H2,1-3H3. The van der Waals surface area contributed by atoms with E-state index in [2.05, 4.69) is 0 Å². The number of rotatable bonds is 2. The molecule has 1 fully saturated rings. The van der Waals surface area contributed by atoms with Gasteiger partial charge in [-0.3, -0.25) is 0 Å². The predicted molar refractivity (Wildman–Crippen MR) is 56.2 cm³/mol. The van der Waals surface area contributed by atoms with Gasteiger partial charge in [-0.1, -0.05) is 0 Å². The van der Waals surface area contributed by atoms with E-state index in [1.807, 2.05) is 0 Å². The molecular weight excluding hydrogens is 237 g/mol. The van der Waals surface area contributed by atoms with Crippen LogP contribution in [0.1, 0.15) is 27.2 Å². The number of nitrogens with zero attached hydrogens (tertiary/aromatic N) is 1. The van der Waals surface area contributed by atoms with Gasteiger partial charge in [0.1, 0.15) is 11.4 Å². The zero-order valence-electron chi connectivity index (χ0n) is 9.57. The summed E-state index contributed by atoms with van der Waals surface area (Å²) in [7, 11) is -4.54. The van der Waals surface area contributed by atoms with Crippen LogP contribution in [0, 0.1) is 0 Å². The summed E-state index contributed by atoms with van der Waals surface area (Å²) in [6.45, 7) is 5.55. The summed E-state index contributed by atoms with van der Waals surface area (Å²) < 4.78 is 38.4. The second-order valence-corrected chi connectivity index (χ2v) is 6.23. The van der Waals surface area contributed by atoms with E-state index in [0.717, 1.165) is 0 Å². The molecule has 1 amide bonds. The zero-order chi connectivity index (χ0) is 12.6. The molecule has 7 heteroatoms. The highest BCUT2D eigenvalue weighted by Crippen LogP contribution is 2.22. The fourth-order valence-corrected chi connectivity index (χ4v) is 2.21. The number of likely N-dealkylation sites (tertiary alicyclic amines) is 1. The molecule has 0 aromatic heterocycles. The van der Waals surface area contributed by atoms with E-state index >= 15 is 0 Å². The van der Waals surface area contributed by atoms with Gasteiger partial charge < -0.3 is 9.64 Å². The van der Waals surface area contributed by atoms with Crippen LogP contribution >= 0.6 is 0 Å². The fraction of sp³-hybridized carbons (Fsp3) is 0.889.